The largest absolute Gasteiger partial charge is 0.477 e. The highest BCUT2D eigenvalue weighted by Crippen LogP contribution is 2.45. The summed E-state index contributed by atoms with van der Waals surface area (Å²) in [5, 5.41) is 9.94. The molecule has 2 aliphatic heterocycles. The van der Waals surface area contributed by atoms with Crippen LogP contribution in [0.15, 0.2) is 24.4 Å². The Morgan fingerprint density at radius 3 is 2.92 bits per heavy atom. The topological polar surface area (TPSA) is 62.7 Å². The quantitative estimate of drug-likeness (QED) is 0.882. The molecule has 1 spiro atoms. The van der Waals surface area contributed by atoms with Gasteiger partial charge < -0.3 is 14.7 Å². The summed E-state index contributed by atoms with van der Waals surface area (Å²) in [6.45, 7) is 2.22. The fourth-order valence-corrected chi connectivity index (χ4v) is 4.94. The Kier molecular flexibility index (Phi) is 3.98. The van der Waals surface area contributed by atoms with E-state index in [-0.39, 0.29) is 5.60 Å². The normalized spacial score (nSPS) is 19.3. The number of hydrogen-bond acceptors (Lipinski definition) is 5. The fraction of sp³-hybridized carbons (Fsp3) is 0.412. The lowest BCUT2D eigenvalue weighted by atomic mass is 9.82. The van der Waals surface area contributed by atoms with E-state index in [4.69, 9.17) is 16.3 Å². The van der Waals surface area contributed by atoms with E-state index in [9.17, 15) is 9.90 Å². The van der Waals surface area contributed by atoms with Gasteiger partial charge >= 0.3 is 5.97 Å². The van der Waals surface area contributed by atoms with E-state index in [0.717, 1.165) is 48.6 Å². The molecule has 0 saturated carbocycles. The van der Waals surface area contributed by atoms with Gasteiger partial charge in [0.25, 0.3) is 0 Å². The number of thiophene rings is 1. The van der Waals surface area contributed by atoms with Crippen LogP contribution in [0.25, 0.3) is 0 Å². The molecule has 0 aromatic carbocycles. The average Bonchev–Trinajstić information content (AvgIpc) is 3.03. The zero-order valence-corrected chi connectivity index (χ0v) is 14.6. The molecule has 1 fully saturated rings. The first-order valence-corrected chi connectivity index (χ1v) is 9.14. The Hall–Kier alpha value is -1.63. The number of aromatic carboxylic acids is 1. The molecule has 0 atom stereocenters. The number of piperidine rings is 1. The maximum atomic E-state index is 11.3. The number of fused-ring (bicyclic) bond motifs is 2. The van der Waals surface area contributed by atoms with E-state index in [1.165, 1.54) is 11.3 Å². The summed E-state index contributed by atoms with van der Waals surface area (Å²) in [6, 6.07) is 5.49. The third-order valence-electron chi connectivity index (χ3n) is 4.83. The Balaban J connectivity index is 1.60. The number of ether oxygens (including phenoxy) is 1. The molecule has 1 saturated heterocycles. The van der Waals surface area contributed by atoms with E-state index >= 15 is 0 Å². The van der Waals surface area contributed by atoms with E-state index < -0.39 is 5.97 Å². The Bertz CT molecular complexity index is 784. The molecule has 2 aliphatic rings. The van der Waals surface area contributed by atoms with Gasteiger partial charge in [0.2, 0.25) is 0 Å². The van der Waals surface area contributed by atoms with E-state index in [0.29, 0.717) is 16.5 Å². The van der Waals surface area contributed by atoms with Crippen LogP contribution in [0.2, 0.25) is 5.02 Å². The monoisotopic (exact) mass is 364 g/mol. The van der Waals surface area contributed by atoms with Crippen molar-refractivity contribution in [1.29, 1.82) is 0 Å². The number of carboxylic acid groups (broad SMARTS) is 1. The standard InChI is InChI=1S/C17H17ClN2O3S/c18-12-2-1-6-19-15(12)20-7-4-17(5-8-20)11-10-14(16(21)22)24-13(11)3-9-23-17/h1-2,6,10H,3-5,7-9H2,(H,21,22). The summed E-state index contributed by atoms with van der Waals surface area (Å²) in [6.07, 6.45) is 4.16. The number of rotatable bonds is 2. The second kappa shape index (κ2) is 6.02. The molecule has 1 N–H and O–H groups in total. The average molecular weight is 365 g/mol. The molecule has 126 valence electrons. The van der Waals surface area contributed by atoms with Crippen LogP contribution in [-0.2, 0) is 16.8 Å². The highest BCUT2D eigenvalue weighted by molar-refractivity contribution is 7.14. The highest BCUT2D eigenvalue weighted by Gasteiger charge is 2.42. The van der Waals surface area contributed by atoms with Gasteiger partial charge in [0, 0.05) is 30.6 Å². The first kappa shape index (κ1) is 15.9. The minimum absolute atomic E-state index is 0.366. The van der Waals surface area contributed by atoms with Gasteiger partial charge in [0.1, 0.15) is 10.7 Å². The van der Waals surface area contributed by atoms with Gasteiger partial charge in [-0.1, -0.05) is 11.6 Å². The van der Waals surface area contributed by atoms with E-state index in [1.54, 1.807) is 6.20 Å². The van der Waals surface area contributed by atoms with E-state index in [1.807, 2.05) is 18.2 Å². The molecule has 2 aromatic rings. The van der Waals surface area contributed by atoms with Crippen LogP contribution in [0.5, 0.6) is 0 Å². The number of nitrogens with zero attached hydrogens (tertiary/aromatic N) is 2. The summed E-state index contributed by atoms with van der Waals surface area (Å²) in [5.74, 6) is -0.0520. The lowest BCUT2D eigenvalue weighted by molar-refractivity contribution is -0.0757. The molecule has 2 aromatic heterocycles. The Labute approximate surface area is 148 Å². The van der Waals surface area contributed by atoms with Crippen molar-refractivity contribution < 1.29 is 14.6 Å². The molecular weight excluding hydrogens is 348 g/mol. The number of pyridine rings is 1. The van der Waals surface area contributed by atoms with Gasteiger partial charge in [0.15, 0.2) is 0 Å². The summed E-state index contributed by atoms with van der Waals surface area (Å²) in [5.41, 5.74) is 0.707. The molecule has 0 bridgehead atoms. The van der Waals surface area contributed by atoms with Crippen molar-refractivity contribution in [3.05, 3.63) is 44.7 Å². The third-order valence-corrected chi connectivity index (χ3v) is 6.31. The van der Waals surface area contributed by atoms with Crippen molar-refractivity contribution >= 4 is 34.7 Å². The fourth-order valence-electron chi connectivity index (χ4n) is 3.63. The van der Waals surface area contributed by atoms with Crippen LogP contribution < -0.4 is 4.90 Å². The van der Waals surface area contributed by atoms with Crippen LogP contribution in [0, 0.1) is 0 Å². The van der Waals surface area contributed by atoms with Gasteiger partial charge in [-0.05, 0) is 36.6 Å². The maximum absolute atomic E-state index is 11.3. The van der Waals surface area contributed by atoms with Crippen molar-refractivity contribution in [3.8, 4) is 0 Å². The number of carbonyl (C=O) groups is 1. The first-order chi connectivity index (χ1) is 11.6. The van der Waals surface area contributed by atoms with Gasteiger partial charge in [0.05, 0.1) is 17.2 Å². The second-order valence-electron chi connectivity index (χ2n) is 6.14. The number of halogens is 1. The molecule has 4 rings (SSSR count). The van der Waals surface area contributed by atoms with Crippen molar-refractivity contribution in [3.63, 3.8) is 0 Å². The van der Waals surface area contributed by atoms with Gasteiger partial charge in [-0.2, -0.15) is 0 Å². The maximum Gasteiger partial charge on any atom is 0.345 e. The minimum atomic E-state index is -0.859. The summed E-state index contributed by atoms with van der Waals surface area (Å²) < 4.78 is 6.17. The molecule has 4 heterocycles. The van der Waals surface area contributed by atoms with E-state index in [2.05, 4.69) is 9.88 Å². The minimum Gasteiger partial charge on any atom is -0.477 e. The Morgan fingerprint density at radius 1 is 1.42 bits per heavy atom. The predicted molar refractivity (Wildman–Crippen MR) is 93.3 cm³/mol. The molecule has 7 heteroatoms. The summed E-state index contributed by atoms with van der Waals surface area (Å²) in [4.78, 5) is 19.4. The van der Waals surface area contributed by atoms with Crippen LogP contribution >= 0.6 is 22.9 Å². The van der Waals surface area contributed by atoms with Crippen LogP contribution in [-0.4, -0.2) is 35.8 Å². The lowest BCUT2D eigenvalue weighted by Gasteiger charge is -2.44. The second-order valence-corrected chi connectivity index (χ2v) is 7.69. The predicted octanol–water partition coefficient (Wildman–Crippen LogP) is 3.56. The van der Waals surface area contributed by atoms with Crippen molar-refractivity contribution in [2.45, 2.75) is 24.9 Å². The van der Waals surface area contributed by atoms with Gasteiger partial charge in [-0.25, -0.2) is 9.78 Å². The van der Waals surface area contributed by atoms with Gasteiger partial charge in [-0.15, -0.1) is 11.3 Å². The third kappa shape index (κ3) is 2.59. The zero-order valence-electron chi connectivity index (χ0n) is 13.0. The molecule has 0 aliphatic carbocycles. The summed E-state index contributed by atoms with van der Waals surface area (Å²) >= 11 is 7.64. The molecule has 24 heavy (non-hydrogen) atoms. The number of carboxylic acids is 1. The Morgan fingerprint density at radius 2 is 2.21 bits per heavy atom. The SMILES string of the molecule is O=C(O)c1cc2c(s1)CCOC21CCN(c2ncccc2Cl)CC1. The van der Waals surface area contributed by atoms with Crippen molar-refractivity contribution in [1.82, 2.24) is 4.98 Å². The summed E-state index contributed by atoms with van der Waals surface area (Å²) in [7, 11) is 0. The molecule has 0 amide bonds. The molecule has 0 radical (unpaired) electrons. The smallest absolute Gasteiger partial charge is 0.345 e. The number of aromatic nitrogens is 1. The molecular formula is C17H17ClN2O3S. The van der Waals surface area contributed by atoms with Gasteiger partial charge in [-0.3, -0.25) is 0 Å². The van der Waals surface area contributed by atoms with Crippen molar-refractivity contribution in [2.75, 3.05) is 24.6 Å². The van der Waals surface area contributed by atoms with Crippen LogP contribution in [0.4, 0.5) is 5.82 Å². The highest BCUT2D eigenvalue weighted by atomic mass is 35.5. The van der Waals surface area contributed by atoms with Crippen LogP contribution in [0.1, 0.15) is 33.0 Å². The first-order valence-electron chi connectivity index (χ1n) is 7.95. The van der Waals surface area contributed by atoms with Crippen LogP contribution in [0.3, 0.4) is 0 Å². The number of anilines is 1. The van der Waals surface area contributed by atoms with Crippen molar-refractivity contribution in [2.24, 2.45) is 0 Å². The molecule has 5 nitrogen and oxygen atoms in total. The number of hydrogen-bond donors (Lipinski definition) is 1. The zero-order chi connectivity index (χ0) is 16.7. The molecule has 0 unspecified atom stereocenters. The lowest BCUT2D eigenvalue weighted by Crippen LogP contribution is -2.46.